The second-order valence-electron chi connectivity index (χ2n) is 31.2. The lowest BCUT2D eigenvalue weighted by molar-refractivity contribution is -0.161. The summed E-state index contributed by atoms with van der Waals surface area (Å²) in [5.74, 6) is 1.04. The second-order valence-corrected chi connectivity index (χ2v) is 34.1. The van der Waals surface area contributed by atoms with Gasteiger partial charge >= 0.3 is 39.5 Å². The molecular weight excluding hydrogens is 1320 g/mol. The Labute approximate surface area is 619 Å². The van der Waals surface area contributed by atoms with E-state index in [0.29, 0.717) is 25.7 Å². The third kappa shape index (κ3) is 74.7. The van der Waals surface area contributed by atoms with Crippen LogP contribution in [0.5, 0.6) is 0 Å². The summed E-state index contributed by atoms with van der Waals surface area (Å²) in [7, 11) is -9.92. The van der Waals surface area contributed by atoms with Crippen LogP contribution in [0.15, 0.2) is 0 Å². The van der Waals surface area contributed by atoms with Gasteiger partial charge in [0, 0.05) is 25.7 Å². The fourth-order valence-electron chi connectivity index (χ4n) is 12.6. The van der Waals surface area contributed by atoms with Gasteiger partial charge in [0.15, 0.2) is 12.2 Å². The molecule has 0 aromatic carbocycles. The van der Waals surface area contributed by atoms with Crippen molar-refractivity contribution in [2.75, 3.05) is 39.6 Å². The number of aliphatic hydroxyl groups excluding tert-OH is 1. The number of hydrogen-bond donors (Lipinski definition) is 3. The van der Waals surface area contributed by atoms with Crippen molar-refractivity contribution in [1.29, 1.82) is 0 Å². The quantitative estimate of drug-likeness (QED) is 0.0222. The number of hydrogen-bond acceptors (Lipinski definition) is 15. The highest BCUT2D eigenvalue weighted by Crippen LogP contribution is 2.45. The minimum absolute atomic E-state index is 0.106. The summed E-state index contributed by atoms with van der Waals surface area (Å²) in [6, 6.07) is 0. The lowest BCUT2D eigenvalue weighted by Crippen LogP contribution is -2.30. The number of carbonyl (C=O) groups is 4. The van der Waals surface area contributed by atoms with Gasteiger partial charge in [0.2, 0.25) is 0 Å². The third-order valence-electron chi connectivity index (χ3n) is 19.4. The molecule has 0 aliphatic heterocycles. The Morgan fingerprint density at radius 2 is 0.475 bits per heavy atom. The van der Waals surface area contributed by atoms with Crippen molar-refractivity contribution in [2.24, 2.45) is 23.7 Å². The van der Waals surface area contributed by atoms with Crippen LogP contribution in [-0.2, 0) is 65.4 Å². The van der Waals surface area contributed by atoms with Crippen molar-refractivity contribution in [3.05, 3.63) is 0 Å². The van der Waals surface area contributed by atoms with Crippen LogP contribution in [0.4, 0.5) is 0 Å². The minimum atomic E-state index is -4.96. The molecule has 600 valence electrons. The van der Waals surface area contributed by atoms with Crippen molar-refractivity contribution in [1.82, 2.24) is 0 Å². The average molecular weight is 1480 g/mol. The summed E-state index contributed by atoms with van der Waals surface area (Å²) < 4.78 is 68.8. The predicted octanol–water partition coefficient (Wildman–Crippen LogP) is 24.4. The first kappa shape index (κ1) is 99.1. The van der Waals surface area contributed by atoms with E-state index in [-0.39, 0.29) is 25.7 Å². The summed E-state index contributed by atoms with van der Waals surface area (Å²) in [5.41, 5.74) is 0. The zero-order chi connectivity index (χ0) is 74.6. The molecule has 0 aliphatic carbocycles. The van der Waals surface area contributed by atoms with E-state index in [0.717, 1.165) is 114 Å². The van der Waals surface area contributed by atoms with E-state index >= 15 is 0 Å². The number of esters is 4. The van der Waals surface area contributed by atoms with Crippen molar-refractivity contribution in [3.63, 3.8) is 0 Å². The molecule has 17 nitrogen and oxygen atoms in total. The number of phosphoric acid groups is 2. The lowest BCUT2D eigenvalue weighted by atomic mass is 9.99. The van der Waals surface area contributed by atoms with Crippen molar-refractivity contribution in [2.45, 2.75) is 440 Å². The molecule has 0 aromatic heterocycles. The molecular formula is C82H160O17P2. The van der Waals surface area contributed by atoms with Gasteiger partial charge in [0.05, 0.1) is 26.4 Å². The maximum absolute atomic E-state index is 13.1. The molecule has 6 atom stereocenters. The van der Waals surface area contributed by atoms with Gasteiger partial charge in [0.25, 0.3) is 0 Å². The zero-order valence-corrected chi connectivity index (χ0v) is 68.3. The van der Waals surface area contributed by atoms with Gasteiger partial charge in [-0.25, -0.2) is 9.13 Å². The molecule has 0 heterocycles. The molecule has 0 aliphatic rings. The molecule has 101 heavy (non-hydrogen) atoms. The smallest absolute Gasteiger partial charge is 0.462 e. The van der Waals surface area contributed by atoms with Crippen molar-refractivity contribution in [3.8, 4) is 0 Å². The Kier molecular flexibility index (Phi) is 69.6. The Hall–Kier alpha value is -1.94. The van der Waals surface area contributed by atoms with Gasteiger partial charge in [-0.2, -0.15) is 0 Å². The average Bonchev–Trinajstić information content (AvgIpc) is 0.952. The molecule has 3 unspecified atom stereocenters. The minimum Gasteiger partial charge on any atom is -0.462 e. The number of aliphatic hydroxyl groups is 1. The molecule has 3 N–H and O–H groups in total. The summed E-state index contributed by atoms with van der Waals surface area (Å²) >= 11 is 0. The van der Waals surface area contributed by atoms with Gasteiger partial charge in [-0.3, -0.25) is 37.3 Å². The fraction of sp³-hybridized carbons (Fsp3) is 0.951. The van der Waals surface area contributed by atoms with Gasteiger partial charge in [0.1, 0.15) is 19.3 Å². The predicted molar refractivity (Wildman–Crippen MR) is 414 cm³/mol. The van der Waals surface area contributed by atoms with E-state index in [1.54, 1.807) is 0 Å². The molecule has 0 saturated carbocycles. The summed E-state index contributed by atoms with van der Waals surface area (Å²) in [4.78, 5) is 73.1. The van der Waals surface area contributed by atoms with E-state index in [1.165, 1.54) is 225 Å². The van der Waals surface area contributed by atoms with E-state index in [1.807, 2.05) is 0 Å². The molecule has 0 aromatic rings. The van der Waals surface area contributed by atoms with Crippen LogP contribution in [0.3, 0.4) is 0 Å². The second kappa shape index (κ2) is 71.0. The van der Waals surface area contributed by atoms with Crippen LogP contribution in [0.25, 0.3) is 0 Å². The monoisotopic (exact) mass is 1480 g/mol. The first-order chi connectivity index (χ1) is 48.6. The van der Waals surface area contributed by atoms with E-state index in [2.05, 4.69) is 55.4 Å². The molecule has 0 bridgehead atoms. The van der Waals surface area contributed by atoms with Crippen LogP contribution >= 0.6 is 15.6 Å². The molecule has 0 fully saturated rings. The summed E-state index contributed by atoms with van der Waals surface area (Å²) in [6.07, 6.45) is 58.2. The van der Waals surface area contributed by atoms with Crippen LogP contribution in [-0.4, -0.2) is 96.7 Å². The summed E-state index contributed by atoms with van der Waals surface area (Å²) in [5, 5.41) is 10.7. The van der Waals surface area contributed by atoms with Gasteiger partial charge in [-0.05, 0) is 49.4 Å². The molecule has 0 saturated heterocycles. The Morgan fingerprint density at radius 3 is 0.703 bits per heavy atom. The van der Waals surface area contributed by atoms with E-state index < -0.39 is 97.5 Å². The maximum atomic E-state index is 13.1. The lowest BCUT2D eigenvalue weighted by Gasteiger charge is -2.21. The highest BCUT2D eigenvalue weighted by Gasteiger charge is 2.30. The number of unbranched alkanes of at least 4 members (excludes halogenated alkanes) is 44. The van der Waals surface area contributed by atoms with Gasteiger partial charge in [-0.15, -0.1) is 0 Å². The first-order valence-electron chi connectivity index (χ1n) is 42.2. The fourth-order valence-corrected chi connectivity index (χ4v) is 14.2. The molecule has 0 spiro atoms. The van der Waals surface area contributed by atoms with Gasteiger partial charge < -0.3 is 33.8 Å². The number of phosphoric ester groups is 2. The topological polar surface area (TPSA) is 237 Å². The third-order valence-corrected chi connectivity index (χ3v) is 21.3. The standard InChI is InChI=1S/C82H160O17P2/c1-9-75(8)61-53-45-37-29-23-24-32-41-49-57-65-82(87)99-78(69-93-80(85)63-55-47-39-33-25-28-36-44-52-60-74(6)7)71-97-101(90,91)95-67-76(83)66-94-100(88,89)96-70-77(68-92-79(84)62-54-46-38-30-21-18-14-16-20-27-35-43-51-59-73(4)5)98-81(86)64-56-48-40-31-22-17-13-11-10-12-15-19-26-34-42-50-58-72(2)3/h72-78,83H,9-71H2,1-8H3,(H,88,89)(H,90,91)/t75?,76-,77-,78-/m1/s1. The highest BCUT2D eigenvalue weighted by atomic mass is 31.2. The Bertz CT molecular complexity index is 1970. The molecule has 0 amide bonds. The number of ether oxygens (including phenoxy) is 4. The van der Waals surface area contributed by atoms with Crippen LogP contribution in [0, 0.1) is 23.7 Å². The van der Waals surface area contributed by atoms with Gasteiger partial charge in [-0.1, -0.05) is 370 Å². The van der Waals surface area contributed by atoms with Crippen LogP contribution in [0.2, 0.25) is 0 Å². The SMILES string of the molecule is CCC(C)CCCCCCCCCCCCC(=O)O[C@H](COC(=O)CCCCCCCCCCCC(C)C)COP(=O)(O)OC[C@H](O)COP(=O)(O)OC[C@@H](COC(=O)CCCCCCCCCCCCCCCC(C)C)OC(=O)CCCCCCCCCCCCCCCCCCC(C)C. The number of rotatable bonds is 79. The van der Waals surface area contributed by atoms with Crippen molar-refractivity contribution >= 4 is 39.5 Å². The Balaban J connectivity index is 5.27. The van der Waals surface area contributed by atoms with Crippen LogP contribution < -0.4 is 0 Å². The first-order valence-corrected chi connectivity index (χ1v) is 45.2. The summed E-state index contributed by atoms with van der Waals surface area (Å²) in [6.45, 7) is 14.3. The maximum Gasteiger partial charge on any atom is 0.472 e. The van der Waals surface area contributed by atoms with Crippen LogP contribution in [0.1, 0.15) is 421 Å². The van der Waals surface area contributed by atoms with E-state index in [4.69, 9.17) is 37.0 Å². The highest BCUT2D eigenvalue weighted by molar-refractivity contribution is 7.47. The molecule has 0 radical (unpaired) electrons. The van der Waals surface area contributed by atoms with E-state index in [9.17, 15) is 43.2 Å². The van der Waals surface area contributed by atoms with Crippen molar-refractivity contribution < 1.29 is 80.2 Å². The Morgan fingerprint density at radius 1 is 0.277 bits per heavy atom. The number of carbonyl (C=O) groups excluding carboxylic acids is 4. The largest absolute Gasteiger partial charge is 0.472 e. The molecule has 0 rings (SSSR count). The zero-order valence-electron chi connectivity index (χ0n) is 66.5. The molecule has 19 heteroatoms. The normalized spacial score (nSPS) is 14.3.